The van der Waals surface area contributed by atoms with Crippen LogP contribution in [0.2, 0.25) is 0 Å². The van der Waals surface area contributed by atoms with E-state index in [2.05, 4.69) is 0 Å². The lowest BCUT2D eigenvalue weighted by molar-refractivity contribution is -0.149. The van der Waals surface area contributed by atoms with Gasteiger partial charge in [-0.25, -0.2) is 13.2 Å². The highest BCUT2D eigenvalue weighted by Gasteiger charge is 2.44. The highest BCUT2D eigenvalue weighted by molar-refractivity contribution is 7.89. The molecule has 0 aliphatic carbocycles. The van der Waals surface area contributed by atoms with Gasteiger partial charge in [0, 0.05) is 33.1 Å². The molecule has 31 heavy (non-hydrogen) atoms. The van der Waals surface area contributed by atoms with Gasteiger partial charge in [0.1, 0.15) is 12.6 Å². The lowest BCUT2D eigenvalue weighted by Crippen LogP contribution is -2.42. The summed E-state index contributed by atoms with van der Waals surface area (Å²) in [5, 5.41) is 10.1. The van der Waals surface area contributed by atoms with Crippen molar-refractivity contribution in [1.82, 2.24) is 13.4 Å². The maximum atomic E-state index is 13.1. The van der Waals surface area contributed by atoms with Gasteiger partial charge in [0.15, 0.2) is 0 Å². The lowest BCUT2D eigenvalue weighted by Gasteiger charge is -2.23. The van der Waals surface area contributed by atoms with Gasteiger partial charge in [-0.2, -0.15) is 4.31 Å². The van der Waals surface area contributed by atoms with Crippen LogP contribution >= 0.6 is 0 Å². The summed E-state index contributed by atoms with van der Waals surface area (Å²) in [4.78, 5) is 36.6. The second-order valence-electron chi connectivity index (χ2n) is 7.71. The number of aliphatic hydroxyl groups excluding tert-OH is 1. The number of nitrogens with zero attached hydrogens (tertiary/aromatic N) is 3. The number of aryl methyl sites for hydroxylation is 2. The molecule has 1 fully saturated rings. The molecule has 0 amide bonds. The Morgan fingerprint density at radius 2 is 1.81 bits per heavy atom. The average Bonchev–Trinajstić information content (AvgIpc) is 3.12. The summed E-state index contributed by atoms with van der Waals surface area (Å²) >= 11 is 0. The molecule has 1 aliphatic heterocycles. The molecule has 2 atom stereocenters. The molecule has 3 rings (SSSR count). The molecule has 2 aromatic rings. The summed E-state index contributed by atoms with van der Waals surface area (Å²) in [7, 11) is -1.29. The third-order valence-corrected chi connectivity index (χ3v) is 7.45. The van der Waals surface area contributed by atoms with Crippen molar-refractivity contribution < 1.29 is 23.1 Å². The van der Waals surface area contributed by atoms with E-state index in [1.165, 1.54) is 36.9 Å². The van der Waals surface area contributed by atoms with Gasteiger partial charge in [-0.05, 0) is 37.1 Å². The third-order valence-electron chi connectivity index (χ3n) is 5.58. The molecule has 1 saturated heterocycles. The Labute approximate surface area is 179 Å². The van der Waals surface area contributed by atoms with Crippen LogP contribution in [0.3, 0.4) is 0 Å². The van der Waals surface area contributed by atoms with E-state index in [1.54, 1.807) is 13.0 Å². The van der Waals surface area contributed by atoms with E-state index in [-0.39, 0.29) is 30.2 Å². The van der Waals surface area contributed by atoms with Gasteiger partial charge in [-0.1, -0.05) is 6.07 Å². The number of rotatable bonds is 5. The molecular weight excluding hydrogens is 426 g/mol. The van der Waals surface area contributed by atoms with Crippen molar-refractivity contribution in [2.75, 3.05) is 6.54 Å². The molecule has 11 heteroatoms. The summed E-state index contributed by atoms with van der Waals surface area (Å²) in [6.45, 7) is 3.02. The zero-order valence-corrected chi connectivity index (χ0v) is 18.5. The summed E-state index contributed by atoms with van der Waals surface area (Å²) in [5.41, 5.74) is 0.754. The molecule has 0 bridgehead atoms. The van der Waals surface area contributed by atoms with Crippen molar-refractivity contribution in [2.45, 2.75) is 43.9 Å². The van der Waals surface area contributed by atoms with E-state index >= 15 is 0 Å². The maximum Gasteiger partial charge on any atom is 0.330 e. The summed E-state index contributed by atoms with van der Waals surface area (Å²) in [6.07, 6.45) is -1.13. The minimum absolute atomic E-state index is 0.0245. The fraction of sp³-hybridized carbons (Fsp3) is 0.450. The van der Waals surface area contributed by atoms with Crippen LogP contribution in [0.1, 0.15) is 23.2 Å². The highest BCUT2D eigenvalue weighted by Crippen LogP contribution is 2.28. The predicted octanol–water partition coefficient (Wildman–Crippen LogP) is -0.432. The minimum Gasteiger partial charge on any atom is -0.458 e. The number of hydrogen-bond donors (Lipinski definition) is 1. The molecule has 1 aliphatic rings. The van der Waals surface area contributed by atoms with Gasteiger partial charge in [-0.15, -0.1) is 0 Å². The second-order valence-corrected chi connectivity index (χ2v) is 9.60. The summed E-state index contributed by atoms with van der Waals surface area (Å²) < 4.78 is 34.5. The first-order chi connectivity index (χ1) is 14.4. The Morgan fingerprint density at radius 1 is 1.13 bits per heavy atom. The van der Waals surface area contributed by atoms with Crippen LogP contribution in [0, 0.1) is 13.8 Å². The second kappa shape index (κ2) is 8.40. The fourth-order valence-electron chi connectivity index (χ4n) is 3.43. The Hall–Kier alpha value is -2.76. The summed E-state index contributed by atoms with van der Waals surface area (Å²) in [5.74, 6) is -0.864. The summed E-state index contributed by atoms with van der Waals surface area (Å²) in [6, 6.07) is 4.61. The van der Waals surface area contributed by atoms with Crippen LogP contribution in [-0.4, -0.2) is 51.6 Å². The van der Waals surface area contributed by atoms with E-state index < -0.39 is 39.4 Å². The monoisotopic (exact) mass is 451 g/mol. The Bertz CT molecular complexity index is 1250. The largest absolute Gasteiger partial charge is 0.458 e. The number of sulfonamides is 1. The number of aliphatic hydroxyl groups is 1. The van der Waals surface area contributed by atoms with Gasteiger partial charge in [0.05, 0.1) is 16.7 Å². The quantitative estimate of drug-likeness (QED) is 0.611. The van der Waals surface area contributed by atoms with Crippen molar-refractivity contribution in [1.29, 1.82) is 0 Å². The predicted molar refractivity (Wildman–Crippen MR) is 111 cm³/mol. The van der Waals surface area contributed by atoms with Crippen LogP contribution in [0.15, 0.2) is 38.8 Å². The van der Waals surface area contributed by atoms with Crippen LogP contribution < -0.4 is 11.2 Å². The van der Waals surface area contributed by atoms with E-state index in [4.69, 9.17) is 4.74 Å². The molecule has 1 aromatic heterocycles. The van der Waals surface area contributed by atoms with E-state index in [9.17, 15) is 27.9 Å². The first-order valence-electron chi connectivity index (χ1n) is 9.63. The van der Waals surface area contributed by atoms with Crippen LogP contribution in [0.4, 0.5) is 0 Å². The first-order valence-corrected chi connectivity index (χ1v) is 11.1. The van der Waals surface area contributed by atoms with Gasteiger partial charge < -0.3 is 9.84 Å². The van der Waals surface area contributed by atoms with Crippen LogP contribution in [0.5, 0.6) is 0 Å². The number of ether oxygens (including phenoxy) is 1. The first kappa shape index (κ1) is 22.9. The molecule has 0 unspecified atom stereocenters. The van der Waals surface area contributed by atoms with Crippen molar-refractivity contribution >= 4 is 16.0 Å². The zero-order valence-electron chi connectivity index (χ0n) is 17.7. The topological polar surface area (TPSA) is 128 Å². The Kier molecular flexibility index (Phi) is 6.21. The molecule has 2 heterocycles. The fourth-order valence-corrected chi connectivity index (χ4v) is 5.14. The molecule has 10 nitrogen and oxygen atoms in total. The Morgan fingerprint density at radius 3 is 2.45 bits per heavy atom. The van der Waals surface area contributed by atoms with Gasteiger partial charge >= 0.3 is 11.7 Å². The minimum atomic E-state index is -4.05. The third kappa shape index (κ3) is 4.34. The van der Waals surface area contributed by atoms with Gasteiger partial charge in [0.2, 0.25) is 10.0 Å². The average molecular weight is 452 g/mol. The molecule has 1 aromatic carbocycles. The maximum absolute atomic E-state index is 13.1. The lowest BCUT2D eigenvalue weighted by atomic mass is 10.1. The van der Waals surface area contributed by atoms with Crippen LogP contribution in [0.25, 0.3) is 0 Å². The standard InChI is InChI=1S/C20H25N3O7S/c1-12-5-6-16(7-13(12)2)31(28,29)23-10-15(24)9-17(23)19(26)30-11-14-8-18(25)22(4)20(27)21(14)3/h5-8,15,17,24H,9-11H2,1-4H3/t15-,17+/m0/s1. The normalized spacial score (nSPS) is 19.5. The molecule has 1 N–H and O–H groups in total. The van der Waals surface area contributed by atoms with E-state index in [1.807, 2.05) is 6.92 Å². The number of hydrogen-bond acceptors (Lipinski definition) is 7. The molecule has 0 saturated carbocycles. The number of β-amino-alcohol motifs (C(OH)–C–C–N with tert-alkyl or cyclic N) is 1. The van der Waals surface area contributed by atoms with Crippen molar-refractivity contribution in [3.63, 3.8) is 0 Å². The molecule has 0 spiro atoms. The molecule has 168 valence electrons. The van der Waals surface area contributed by atoms with Crippen molar-refractivity contribution in [3.8, 4) is 0 Å². The highest BCUT2D eigenvalue weighted by atomic mass is 32.2. The molecular formula is C20H25N3O7S. The van der Waals surface area contributed by atoms with E-state index in [0.29, 0.717) is 0 Å². The van der Waals surface area contributed by atoms with Crippen molar-refractivity contribution in [3.05, 3.63) is 61.9 Å². The van der Waals surface area contributed by atoms with Crippen molar-refractivity contribution in [2.24, 2.45) is 14.1 Å². The number of esters is 1. The van der Waals surface area contributed by atoms with Gasteiger partial charge in [0.25, 0.3) is 5.56 Å². The number of carbonyl (C=O) groups excluding carboxylic acids is 1. The number of carbonyl (C=O) groups is 1. The SMILES string of the molecule is Cc1ccc(S(=O)(=O)N2C[C@@H](O)C[C@@H]2C(=O)OCc2cc(=O)n(C)c(=O)n2C)cc1C. The van der Waals surface area contributed by atoms with E-state index in [0.717, 1.165) is 20.0 Å². The Balaban J connectivity index is 1.84. The molecule has 0 radical (unpaired) electrons. The van der Waals surface area contributed by atoms with Gasteiger partial charge in [-0.3, -0.25) is 18.7 Å². The number of benzene rings is 1. The smallest absolute Gasteiger partial charge is 0.330 e. The zero-order chi connectivity index (χ0) is 23.1. The van der Waals surface area contributed by atoms with Crippen LogP contribution in [-0.2, 0) is 40.3 Å². The number of aromatic nitrogens is 2.